The summed E-state index contributed by atoms with van der Waals surface area (Å²) in [6.07, 6.45) is 1.49. The third kappa shape index (κ3) is 6.26. The number of hydrogen-bond acceptors (Lipinski definition) is 5. The second-order valence-electron chi connectivity index (χ2n) is 5.77. The predicted molar refractivity (Wildman–Crippen MR) is 116 cm³/mol. The molecule has 0 atom stereocenters. The maximum absolute atomic E-state index is 12.6. The molecule has 152 valence electrons. The first-order valence-corrected chi connectivity index (χ1v) is 10.1. The standard InChI is InChI=1S/C22H23BrN2O4/c1-4-27-18-9-7-8-17(12-18)25-22(26)16(14-24)10-15-11-19(23)21(29-6-3)13-20(15)28-5-2/h7-13H,4-6H2,1-3H3,(H,25,26)/b16-10-. The highest BCUT2D eigenvalue weighted by molar-refractivity contribution is 9.10. The number of ether oxygens (including phenoxy) is 3. The van der Waals surface area contributed by atoms with E-state index >= 15 is 0 Å². The molecule has 6 nitrogen and oxygen atoms in total. The van der Waals surface area contributed by atoms with Gasteiger partial charge in [0.2, 0.25) is 0 Å². The first-order chi connectivity index (χ1) is 14.0. The van der Waals surface area contributed by atoms with Crippen molar-refractivity contribution in [2.24, 2.45) is 0 Å². The van der Waals surface area contributed by atoms with E-state index in [-0.39, 0.29) is 5.57 Å². The summed E-state index contributed by atoms with van der Waals surface area (Å²) in [4.78, 5) is 12.6. The summed E-state index contributed by atoms with van der Waals surface area (Å²) < 4.78 is 17.4. The van der Waals surface area contributed by atoms with Crippen LogP contribution in [-0.2, 0) is 4.79 Å². The van der Waals surface area contributed by atoms with Crippen molar-refractivity contribution in [3.63, 3.8) is 0 Å². The van der Waals surface area contributed by atoms with Crippen molar-refractivity contribution in [3.05, 3.63) is 52.0 Å². The number of nitrogens with zero attached hydrogens (tertiary/aromatic N) is 1. The van der Waals surface area contributed by atoms with Crippen molar-refractivity contribution in [2.45, 2.75) is 20.8 Å². The maximum atomic E-state index is 12.6. The van der Waals surface area contributed by atoms with Gasteiger partial charge in [0, 0.05) is 23.4 Å². The van der Waals surface area contributed by atoms with Crippen LogP contribution < -0.4 is 19.5 Å². The average Bonchev–Trinajstić information content (AvgIpc) is 2.70. The average molecular weight is 459 g/mol. The van der Waals surface area contributed by atoms with E-state index in [9.17, 15) is 10.1 Å². The number of nitriles is 1. The summed E-state index contributed by atoms with van der Waals surface area (Å²) in [5.41, 5.74) is 1.08. The molecule has 0 bridgehead atoms. The molecule has 7 heteroatoms. The van der Waals surface area contributed by atoms with E-state index in [1.807, 2.05) is 26.8 Å². The Kier molecular flexibility index (Phi) is 8.56. The van der Waals surface area contributed by atoms with E-state index in [0.717, 1.165) is 0 Å². The van der Waals surface area contributed by atoms with E-state index in [4.69, 9.17) is 14.2 Å². The van der Waals surface area contributed by atoms with Crippen LogP contribution in [0.4, 0.5) is 5.69 Å². The number of benzene rings is 2. The summed E-state index contributed by atoms with van der Waals surface area (Å²) >= 11 is 3.45. The van der Waals surface area contributed by atoms with E-state index in [1.165, 1.54) is 6.08 Å². The Morgan fingerprint density at radius 2 is 1.76 bits per heavy atom. The predicted octanol–water partition coefficient (Wildman–Crippen LogP) is 5.19. The molecule has 29 heavy (non-hydrogen) atoms. The third-order valence-electron chi connectivity index (χ3n) is 3.73. The van der Waals surface area contributed by atoms with Crippen LogP contribution >= 0.6 is 15.9 Å². The summed E-state index contributed by atoms with van der Waals surface area (Å²) in [7, 11) is 0. The van der Waals surface area contributed by atoms with Gasteiger partial charge < -0.3 is 19.5 Å². The van der Waals surface area contributed by atoms with Gasteiger partial charge in [-0.15, -0.1) is 0 Å². The number of hydrogen-bond donors (Lipinski definition) is 1. The van der Waals surface area contributed by atoms with Gasteiger partial charge in [0.25, 0.3) is 5.91 Å². The maximum Gasteiger partial charge on any atom is 0.266 e. The highest BCUT2D eigenvalue weighted by atomic mass is 79.9. The second kappa shape index (κ2) is 11.1. The van der Waals surface area contributed by atoms with Crippen LogP contribution in [0.25, 0.3) is 6.08 Å². The lowest BCUT2D eigenvalue weighted by Crippen LogP contribution is -2.13. The van der Waals surface area contributed by atoms with Crippen molar-refractivity contribution < 1.29 is 19.0 Å². The molecule has 2 rings (SSSR count). The molecule has 1 N–H and O–H groups in total. The number of amides is 1. The monoisotopic (exact) mass is 458 g/mol. The van der Waals surface area contributed by atoms with Crippen LogP contribution in [0, 0.1) is 11.3 Å². The Bertz CT molecular complexity index is 935. The van der Waals surface area contributed by atoms with Gasteiger partial charge in [-0.1, -0.05) is 6.07 Å². The zero-order valence-corrected chi connectivity index (χ0v) is 18.2. The molecule has 0 saturated carbocycles. The molecule has 0 fully saturated rings. The lowest BCUT2D eigenvalue weighted by Gasteiger charge is -2.13. The molecule has 0 unspecified atom stereocenters. The molecule has 2 aromatic carbocycles. The summed E-state index contributed by atoms with van der Waals surface area (Å²) in [5.74, 6) is 1.28. The van der Waals surface area contributed by atoms with Gasteiger partial charge in [0.05, 0.1) is 24.3 Å². The number of rotatable bonds is 9. The van der Waals surface area contributed by atoms with E-state index in [1.54, 1.807) is 36.4 Å². The first-order valence-electron chi connectivity index (χ1n) is 9.27. The number of carbonyl (C=O) groups is 1. The second-order valence-corrected chi connectivity index (χ2v) is 6.63. The molecular weight excluding hydrogens is 436 g/mol. The number of anilines is 1. The number of halogens is 1. The van der Waals surface area contributed by atoms with Crippen molar-refractivity contribution in [1.29, 1.82) is 5.26 Å². The quantitative estimate of drug-likeness (QED) is 0.412. The SMILES string of the molecule is CCOc1cccc(NC(=O)/C(C#N)=C\c2cc(Br)c(OCC)cc2OCC)c1. The fraction of sp³-hybridized carbons (Fsp3) is 0.273. The molecule has 2 aromatic rings. The summed E-state index contributed by atoms with van der Waals surface area (Å²) in [5, 5.41) is 12.2. The zero-order chi connectivity index (χ0) is 21.2. The molecule has 0 heterocycles. The van der Waals surface area contributed by atoms with Crippen LogP contribution in [0.1, 0.15) is 26.3 Å². The fourth-order valence-electron chi connectivity index (χ4n) is 2.54. The molecule has 0 aliphatic carbocycles. The molecule has 0 aromatic heterocycles. The van der Waals surface area contributed by atoms with Crippen LogP contribution in [-0.4, -0.2) is 25.7 Å². The molecular formula is C22H23BrN2O4. The topological polar surface area (TPSA) is 80.6 Å². The van der Waals surface area contributed by atoms with Crippen LogP contribution in [0.5, 0.6) is 17.2 Å². The Morgan fingerprint density at radius 3 is 2.41 bits per heavy atom. The summed E-state index contributed by atoms with van der Waals surface area (Å²) in [6.45, 7) is 7.09. The Hall–Kier alpha value is -2.98. The highest BCUT2D eigenvalue weighted by Crippen LogP contribution is 2.34. The highest BCUT2D eigenvalue weighted by Gasteiger charge is 2.14. The van der Waals surface area contributed by atoms with Crippen LogP contribution in [0.2, 0.25) is 0 Å². The van der Waals surface area contributed by atoms with Gasteiger partial charge in [-0.25, -0.2) is 0 Å². The molecule has 0 aliphatic rings. The minimum Gasteiger partial charge on any atom is -0.494 e. The van der Waals surface area contributed by atoms with Crippen molar-refractivity contribution in [2.75, 3.05) is 25.1 Å². The minimum absolute atomic E-state index is 0.0520. The Labute approximate surface area is 179 Å². The Morgan fingerprint density at radius 1 is 1.07 bits per heavy atom. The van der Waals surface area contributed by atoms with Gasteiger partial charge >= 0.3 is 0 Å². The minimum atomic E-state index is -0.520. The molecule has 0 spiro atoms. The van der Waals surface area contributed by atoms with Crippen LogP contribution in [0.3, 0.4) is 0 Å². The number of nitrogens with one attached hydrogen (secondary N) is 1. The normalized spacial score (nSPS) is 10.8. The first kappa shape index (κ1) is 22.3. The largest absolute Gasteiger partial charge is 0.494 e. The van der Waals surface area contributed by atoms with Gasteiger partial charge in [-0.05, 0) is 61.0 Å². The van der Waals surface area contributed by atoms with Crippen molar-refractivity contribution in [1.82, 2.24) is 0 Å². The number of carbonyl (C=O) groups excluding carboxylic acids is 1. The Balaban J connectivity index is 2.33. The van der Waals surface area contributed by atoms with E-state index in [0.29, 0.717) is 52.8 Å². The fourth-order valence-corrected chi connectivity index (χ4v) is 3.02. The van der Waals surface area contributed by atoms with Gasteiger partial charge in [0.15, 0.2) is 0 Å². The van der Waals surface area contributed by atoms with E-state index in [2.05, 4.69) is 21.2 Å². The summed E-state index contributed by atoms with van der Waals surface area (Å²) in [6, 6.07) is 12.5. The molecule has 0 aliphatic heterocycles. The zero-order valence-electron chi connectivity index (χ0n) is 16.6. The lowest BCUT2D eigenvalue weighted by atomic mass is 10.1. The molecule has 0 saturated heterocycles. The lowest BCUT2D eigenvalue weighted by molar-refractivity contribution is -0.112. The van der Waals surface area contributed by atoms with Gasteiger partial charge in [-0.2, -0.15) is 5.26 Å². The molecule has 0 radical (unpaired) electrons. The van der Waals surface area contributed by atoms with Crippen molar-refractivity contribution in [3.8, 4) is 23.3 Å². The van der Waals surface area contributed by atoms with E-state index < -0.39 is 5.91 Å². The smallest absolute Gasteiger partial charge is 0.266 e. The molecule has 1 amide bonds. The third-order valence-corrected chi connectivity index (χ3v) is 4.35. The van der Waals surface area contributed by atoms with Gasteiger partial charge in [-0.3, -0.25) is 4.79 Å². The van der Waals surface area contributed by atoms with Crippen molar-refractivity contribution >= 4 is 33.6 Å². The van der Waals surface area contributed by atoms with Gasteiger partial charge in [0.1, 0.15) is 28.9 Å². The van der Waals surface area contributed by atoms with Crippen LogP contribution in [0.15, 0.2) is 46.4 Å².